The molecule has 0 saturated heterocycles. The maximum absolute atomic E-state index is 11.9. The number of hydrogen-bond acceptors (Lipinski definition) is 2. The average Bonchev–Trinajstić information content (AvgIpc) is 3.10. The van der Waals surface area contributed by atoms with Gasteiger partial charge in [0.05, 0.1) is 4.90 Å². The summed E-state index contributed by atoms with van der Waals surface area (Å²) in [4.78, 5) is 0.428. The molecule has 1 aliphatic rings. The van der Waals surface area contributed by atoms with Gasteiger partial charge in [0.25, 0.3) is 0 Å². The minimum Gasteiger partial charge on any atom is -0.210 e. The van der Waals surface area contributed by atoms with E-state index in [4.69, 9.17) is 11.6 Å². The minimum absolute atomic E-state index is 0.209. The first-order valence-electron chi connectivity index (χ1n) is 5.38. The van der Waals surface area contributed by atoms with Gasteiger partial charge in [0.1, 0.15) is 0 Å². The summed E-state index contributed by atoms with van der Waals surface area (Å²) in [6.07, 6.45) is 2.35. The van der Waals surface area contributed by atoms with Crippen LogP contribution < -0.4 is 4.72 Å². The molecular weight excluding hydrogens is 326 g/mol. The Morgan fingerprint density at radius 2 is 2.18 bits per heavy atom. The predicted molar refractivity (Wildman–Crippen MR) is 72.1 cm³/mol. The summed E-state index contributed by atoms with van der Waals surface area (Å²) >= 11 is 9.26. The fraction of sp³-hybridized carbons (Fsp3) is 0.455. The number of rotatable bonds is 5. The molecule has 0 aromatic heterocycles. The van der Waals surface area contributed by atoms with Crippen molar-refractivity contribution in [3.05, 3.63) is 29.3 Å². The van der Waals surface area contributed by atoms with Crippen LogP contribution in [0.1, 0.15) is 12.8 Å². The first kappa shape index (κ1) is 13.3. The van der Waals surface area contributed by atoms with E-state index in [1.807, 2.05) is 0 Å². The molecule has 1 aromatic carbocycles. The van der Waals surface area contributed by atoms with E-state index in [-0.39, 0.29) is 9.72 Å². The lowest BCUT2D eigenvalue weighted by Gasteiger charge is -2.10. The van der Waals surface area contributed by atoms with Crippen LogP contribution in [-0.4, -0.2) is 19.8 Å². The quantitative estimate of drug-likeness (QED) is 0.839. The smallest absolute Gasteiger partial charge is 0.210 e. The van der Waals surface area contributed by atoms with Crippen molar-refractivity contribution < 1.29 is 8.42 Å². The highest BCUT2D eigenvalue weighted by Crippen LogP contribution is 2.36. The zero-order chi connectivity index (χ0) is 12.5. The second kappa shape index (κ2) is 5.26. The van der Waals surface area contributed by atoms with Crippen molar-refractivity contribution >= 4 is 37.6 Å². The highest BCUT2D eigenvalue weighted by atomic mass is 79.9. The number of benzene rings is 1. The lowest BCUT2D eigenvalue weighted by Crippen LogP contribution is -2.30. The molecule has 2 rings (SSSR count). The molecule has 0 spiro atoms. The summed E-state index contributed by atoms with van der Waals surface area (Å²) in [5.41, 5.74) is 0. The fourth-order valence-electron chi connectivity index (χ4n) is 1.53. The van der Waals surface area contributed by atoms with E-state index in [0.717, 1.165) is 0 Å². The van der Waals surface area contributed by atoms with Gasteiger partial charge in [-0.2, -0.15) is 0 Å². The summed E-state index contributed by atoms with van der Waals surface area (Å²) in [5, 5.41) is 0.422. The molecule has 1 unspecified atom stereocenters. The summed E-state index contributed by atoms with van der Waals surface area (Å²) in [5.74, 6) is 0.608. The highest BCUT2D eigenvalue weighted by molar-refractivity contribution is 9.09. The van der Waals surface area contributed by atoms with E-state index in [2.05, 4.69) is 20.7 Å². The SMILES string of the molecule is O=S(=O)(NCC(Br)C1CC1)c1cccc(Cl)c1. The van der Waals surface area contributed by atoms with E-state index in [0.29, 0.717) is 17.5 Å². The van der Waals surface area contributed by atoms with Crippen LogP contribution in [0.5, 0.6) is 0 Å². The third kappa shape index (κ3) is 3.68. The number of halogens is 2. The Hall–Kier alpha value is -0.100. The van der Waals surface area contributed by atoms with Crippen LogP contribution in [-0.2, 0) is 10.0 Å². The normalized spacial score (nSPS) is 18.0. The molecular formula is C11H13BrClNO2S. The molecule has 3 nitrogen and oxygen atoms in total. The molecule has 6 heteroatoms. The van der Waals surface area contributed by atoms with Gasteiger partial charge in [-0.25, -0.2) is 13.1 Å². The van der Waals surface area contributed by atoms with Gasteiger partial charge in [-0.15, -0.1) is 0 Å². The van der Waals surface area contributed by atoms with E-state index in [1.165, 1.54) is 25.0 Å². The van der Waals surface area contributed by atoms with Crippen LogP contribution in [0.2, 0.25) is 5.02 Å². The van der Waals surface area contributed by atoms with Crippen molar-refractivity contribution in [2.24, 2.45) is 5.92 Å². The fourth-order valence-corrected chi connectivity index (χ4v) is 3.80. The lowest BCUT2D eigenvalue weighted by molar-refractivity contribution is 0.578. The molecule has 1 fully saturated rings. The van der Waals surface area contributed by atoms with E-state index >= 15 is 0 Å². The molecule has 17 heavy (non-hydrogen) atoms. The van der Waals surface area contributed by atoms with Crippen LogP contribution in [0, 0.1) is 5.92 Å². The van der Waals surface area contributed by atoms with Gasteiger partial charge in [0.2, 0.25) is 10.0 Å². The van der Waals surface area contributed by atoms with Gasteiger partial charge in [0, 0.05) is 16.4 Å². The maximum atomic E-state index is 11.9. The molecule has 0 bridgehead atoms. The molecule has 0 heterocycles. The van der Waals surface area contributed by atoms with Gasteiger partial charge in [0.15, 0.2) is 0 Å². The number of alkyl halides is 1. The Bertz CT molecular complexity index is 502. The number of hydrogen-bond donors (Lipinski definition) is 1. The summed E-state index contributed by atoms with van der Waals surface area (Å²) in [6, 6.07) is 6.26. The molecule has 1 N–H and O–H groups in total. The van der Waals surface area contributed by atoms with Crippen molar-refractivity contribution in [3.8, 4) is 0 Å². The summed E-state index contributed by atoms with van der Waals surface area (Å²) in [7, 11) is -3.45. The zero-order valence-electron chi connectivity index (χ0n) is 9.07. The Morgan fingerprint density at radius 1 is 1.47 bits per heavy atom. The van der Waals surface area contributed by atoms with Crippen LogP contribution >= 0.6 is 27.5 Å². The van der Waals surface area contributed by atoms with Crippen LogP contribution in [0.25, 0.3) is 0 Å². The van der Waals surface area contributed by atoms with Crippen molar-refractivity contribution in [1.82, 2.24) is 4.72 Å². The van der Waals surface area contributed by atoms with E-state index < -0.39 is 10.0 Å². The van der Waals surface area contributed by atoms with Gasteiger partial charge >= 0.3 is 0 Å². The Balaban J connectivity index is 2.03. The zero-order valence-corrected chi connectivity index (χ0v) is 12.2. The molecule has 1 aliphatic carbocycles. The Labute approximate surface area is 115 Å². The molecule has 1 saturated carbocycles. The topological polar surface area (TPSA) is 46.2 Å². The lowest BCUT2D eigenvalue weighted by atomic mass is 10.3. The number of sulfonamides is 1. The third-order valence-corrected chi connectivity index (χ3v) is 5.44. The average molecular weight is 339 g/mol. The van der Waals surface area contributed by atoms with Crippen molar-refractivity contribution in [2.45, 2.75) is 22.6 Å². The summed E-state index contributed by atoms with van der Waals surface area (Å²) < 4.78 is 26.5. The highest BCUT2D eigenvalue weighted by Gasteiger charge is 2.30. The molecule has 0 radical (unpaired) electrons. The first-order chi connectivity index (χ1) is 7.99. The minimum atomic E-state index is -3.45. The van der Waals surface area contributed by atoms with Gasteiger partial charge < -0.3 is 0 Å². The number of nitrogens with one attached hydrogen (secondary N) is 1. The second-order valence-corrected chi connectivity index (χ2v) is 7.54. The van der Waals surface area contributed by atoms with Crippen LogP contribution in [0.15, 0.2) is 29.2 Å². The third-order valence-electron chi connectivity index (χ3n) is 2.71. The van der Waals surface area contributed by atoms with E-state index in [1.54, 1.807) is 12.1 Å². The van der Waals surface area contributed by atoms with Crippen LogP contribution in [0.3, 0.4) is 0 Å². The van der Waals surface area contributed by atoms with Gasteiger partial charge in [-0.1, -0.05) is 33.6 Å². The predicted octanol–water partition coefficient (Wildman–Crippen LogP) is 2.79. The molecule has 1 aromatic rings. The van der Waals surface area contributed by atoms with Crippen LogP contribution in [0.4, 0.5) is 0 Å². The molecule has 0 aliphatic heterocycles. The standard InChI is InChI=1S/C11H13BrClNO2S/c12-11(8-4-5-8)7-14-17(15,16)10-3-1-2-9(13)6-10/h1-3,6,8,11,14H,4-5,7H2. The van der Waals surface area contributed by atoms with Gasteiger partial charge in [-0.3, -0.25) is 0 Å². The van der Waals surface area contributed by atoms with Crippen molar-refractivity contribution in [3.63, 3.8) is 0 Å². The maximum Gasteiger partial charge on any atom is 0.240 e. The monoisotopic (exact) mass is 337 g/mol. The van der Waals surface area contributed by atoms with Crippen molar-refractivity contribution in [1.29, 1.82) is 0 Å². The Kier molecular flexibility index (Phi) is 4.13. The largest absolute Gasteiger partial charge is 0.240 e. The van der Waals surface area contributed by atoms with Crippen molar-refractivity contribution in [2.75, 3.05) is 6.54 Å². The first-order valence-corrected chi connectivity index (χ1v) is 8.16. The summed E-state index contributed by atoms with van der Waals surface area (Å²) in [6.45, 7) is 0.416. The second-order valence-electron chi connectivity index (χ2n) is 4.16. The Morgan fingerprint density at radius 3 is 2.76 bits per heavy atom. The molecule has 1 atom stereocenters. The molecule has 94 valence electrons. The van der Waals surface area contributed by atoms with Gasteiger partial charge in [-0.05, 0) is 37.0 Å². The molecule has 0 amide bonds. The van der Waals surface area contributed by atoms with E-state index in [9.17, 15) is 8.42 Å².